The van der Waals surface area contributed by atoms with E-state index >= 15 is 0 Å². The number of hydrogen-bond donors (Lipinski definition) is 1. The number of carbonyl (C=O) groups is 1. The number of hydrogen-bond acceptors (Lipinski definition) is 3. The molecule has 0 aromatic heterocycles. The van der Waals surface area contributed by atoms with E-state index in [2.05, 4.69) is 0 Å². The Morgan fingerprint density at radius 3 is 2.16 bits per heavy atom. The summed E-state index contributed by atoms with van der Waals surface area (Å²) in [5, 5.41) is 8.84. The van der Waals surface area contributed by atoms with Gasteiger partial charge in [0, 0.05) is 13.1 Å². The molecular weight excluding hydrogens is 266 g/mol. The largest absolute Gasteiger partial charge is 0.478 e. The molecule has 104 valence electrons. The van der Waals surface area contributed by atoms with Crippen molar-refractivity contribution in [3.8, 4) is 0 Å². The first-order valence-electron chi connectivity index (χ1n) is 6.16. The Balaban J connectivity index is 2.03. The van der Waals surface area contributed by atoms with Gasteiger partial charge in [-0.05, 0) is 36.5 Å². The monoisotopic (exact) mass is 283 g/mol. The highest BCUT2D eigenvalue weighted by atomic mass is 32.2. The molecule has 0 bridgehead atoms. The fourth-order valence-electron chi connectivity index (χ4n) is 2.42. The van der Waals surface area contributed by atoms with Crippen molar-refractivity contribution in [2.75, 3.05) is 19.3 Å². The number of aromatic carboxylic acids is 1. The van der Waals surface area contributed by atoms with E-state index in [1.54, 1.807) is 12.1 Å². The second-order valence-corrected chi connectivity index (χ2v) is 6.85. The van der Waals surface area contributed by atoms with Crippen LogP contribution in [0.1, 0.15) is 34.7 Å². The smallest absolute Gasteiger partial charge is 0.335 e. The number of sulfonamides is 1. The molecule has 6 heteroatoms. The summed E-state index contributed by atoms with van der Waals surface area (Å²) in [4.78, 5) is 10.8. The molecule has 1 aromatic carbocycles. The molecule has 0 saturated carbocycles. The zero-order chi connectivity index (χ0) is 14.0. The molecule has 0 aliphatic carbocycles. The lowest BCUT2D eigenvalue weighted by Gasteiger charge is -2.30. The molecule has 0 unspecified atom stereocenters. The number of nitrogens with zero attached hydrogens (tertiary/aromatic N) is 1. The van der Waals surface area contributed by atoms with Crippen LogP contribution in [0.25, 0.3) is 0 Å². The average Bonchev–Trinajstić information content (AvgIpc) is 2.38. The summed E-state index contributed by atoms with van der Waals surface area (Å²) in [7, 11) is -3.09. The molecule has 1 saturated heterocycles. The van der Waals surface area contributed by atoms with Gasteiger partial charge in [0.25, 0.3) is 0 Å². The van der Waals surface area contributed by atoms with Gasteiger partial charge < -0.3 is 5.11 Å². The molecule has 0 radical (unpaired) electrons. The fourth-order valence-corrected chi connectivity index (χ4v) is 3.29. The third kappa shape index (κ3) is 3.33. The zero-order valence-corrected chi connectivity index (χ0v) is 11.6. The minimum Gasteiger partial charge on any atom is -0.478 e. The van der Waals surface area contributed by atoms with Crippen LogP contribution in [0.4, 0.5) is 0 Å². The second-order valence-electron chi connectivity index (χ2n) is 4.86. The van der Waals surface area contributed by atoms with Gasteiger partial charge in [-0.1, -0.05) is 12.1 Å². The summed E-state index contributed by atoms with van der Waals surface area (Å²) in [6.07, 6.45) is 2.79. The first kappa shape index (κ1) is 14.0. The maximum Gasteiger partial charge on any atom is 0.335 e. The van der Waals surface area contributed by atoms with Gasteiger partial charge in [0.1, 0.15) is 0 Å². The molecule has 1 heterocycles. The van der Waals surface area contributed by atoms with Gasteiger partial charge >= 0.3 is 5.97 Å². The van der Waals surface area contributed by atoms with E-state index in [-0.39, 0.29) is 5.56 Å². The summed E-state index contributed by atoms with van der Waals surface area (Å²) in [5.74, 6) is -0.626. The third-order valence-electron chi connectivity index (χ3n) is 3.55. The third-order valence-corrected chi connectivity index (χ3v) is 4.86. The van der Waals surface area contributed by atoms with Crippen LogP contribution in [0.2, 0.25) is 0 Å². The number of carboxylic acids is 1. The van der Waals surface area contributed by atoms with Crippen molar-refractivity contribution in [3.63, 3.8) is 0 Å². The van der Waals surface area contributed by atoms with Gasteiger partial charge in [-0.25, -0.2) is 17.5 Å². The maximum atomic E-state index is 11.4. The van der Waals surface area contributed by atoms with E-state index in [4.69, 9.17) is 5.11 Å². The van der Waals surface area contributed by atoms with Crippen LogP contribution in [0.5, 0.6) is 0 Å². The van der Waals surface area contributed by atoms with Crippen LogP contribution in [-0.4, -0.2) is 43.1 Å². The standard InChI is InChI=1S/C13H17NO4S/c1-19(17,18)14-8-6-11(7-9-14)10-2-4-12(5-3-10)13(15)16/h2-5,11H,6-9H2,1H3,(H,15,16). The molecular formula is C13H17NO4S. The molecule has 1 aromatic rings. The summed E-state index contributed by atoms with van der Waals surface area (Å²) in [5.41, 5.74) is 1.36. The SMILES string of the molecule is CS(=O)(=O)N1CCC(c2ccc(C(=O)O)cc2)CC1. The predicted molar refractivity (Wildman–Crippen MR) is 71.8 cm³/mol. The van der Waals surface area contributed by atoms with E-state index in [1.165, 1.54) is 10.6 Å². The second kappa shape index (κ2) is 5.30. The highest BCUT2D eigenvalue weighted by Crippen LogP contribution is 2.29. The fraction of sp³-hybridized carbons (Fsp3) is 0.462. The number of piperidine rings is 1. The van der Waals surface area contributed by atoms with Crippen LogP contribution in [0, 0.1) is 0 Å². The quantitative estimate of drug-likeness (QED) is 0.912. The van der Waals surface area contributed by atoms with E-state index in [0.29, 0.717) is 19.0 Å². The Labute approximate surface area is 112 Å². The Hall–Kier alpha value is -1.40. The van der Waals surface area contributed by atoms with E-state index < -0.39 is 16.0 Å². The van der Waals surface area contributed by atoms with E-state index in [1.807, 2.05) is 12.1 Å². The van der Waals surface area contributed by atoms with Crippen LogP contribution < -0.4 is 0 Å². The number of carboxylic acid groups (broad SMARTS) is 1. The van der Waals surface area contributed by atoms with Crippen LogP contribution in [-0.2, 0) is 10.0 Å². The summed E-state index contributed by atoms with van der Waals surface area (Å²) in [6.45, 7) is 1.06. The highest BCUT2D eigenvalue weighted by molar-refractivity contribution is 7.88. The van der Waals surface area contributed by atoms with Crippen LogP contribution >= 0.6 is 0 Å². The van der Waals surface area contributed by atoms with Crippen molar-refractivity contribution in [3.05, 3.63) is 35.4 Å². The molecule has 5 nitrogen and oxygen atoms in total. The molecule has 1 N–H and O–H groups in total. The molecule has 2 rings (SSSR count). The van der Waals surface area contributed by atoms with Crippen LogP contribution in [0.3, 0.4) is 0 Å². The van der Waals surface area contributed by atoms with Gasteiger partial charge in [0.05, 0.1) is 11.8 Å². The van der Waals surface area contributed by atoms with E-state index in [9.17, 15) is 13.2 Å². The Morgan fingerprint density at radius 2 is 1.74 bits per heavy atom. The zero-order valence-electron chi connectivity index (χ0n) is 10.7. The van der Waals surface area contributed by atoms with Crippen molar-refractivity contribution in [1.29, 1.82) is 0 Å². The van der Waals surface area contributed by atoms with Gasteiger partial charge in [0.15, 0.2) is 0 Å². The maximum absolute atomic E-state index is 11.4. The lowest BCUT2D eigenvalue weighted by molar-refractivity contribution is 0.0697. The average molecular weight is 283 g/mol. The van der Waals surface area contributed by atoms with Gasteiger partial charge in [-0.15, -0.1) is 0 Å². The molecule has 1 fully saturated rings. The molecule has 0 atom stereocenters. The Kier molecular flexibility index (Phi) is 3.91. The van der Waals surface area contributed by atoms with Gasteiger partial charge in [0.2, 0.25) is 10.0 Å². The minimum absolute atomic E-state index is 0.275. The highest BCUT2D eigenvalue weighted by Gasteiger charge is 2.25. The predicted octanol–water partition coefficient (Wildman–Crippen LogP) is 1.52. The molecule has 0 spiro atoms. The summed E-state index contributed by atoms with van der Waals surface area (Å²) < 4.78 is 24.3. The first-order chi connectivity index (χ1) is 8.88. The lowest BCUT2D eigenvalue weighted by Crippen LogP contribution is -2.37. The molecule has 19 heavy (non-hydrogen) atoms. The van der Waals surface area contributed by atoms with Crippen LogP contribution in [0.15, 0.2) is 24.3 Å². The molecule has 1 aliphatic heterocycles. The number of rotatable bonds is 3. The topological polar surface area (TPSA) is 74.7 Å². The van der Waals surface area contributed by atoms with Gasteiger partial charge in [-0.3, -0.25) is 0 Å². The first-order valence-corrected chi connectivity index (χ1v) is 8.01. The minimum atomic E-state index is -3.09. The van der Waals surface area contributed by atoms with Crippen molar-refractivity contribution in [1.82, 2.24) is 4.31 Å². The summed E-state index contributed by atoms with van der Waals surface area (Å²) >= 11 is 0. The van der Waals surface area contributed by atoms with E-state index in [0.717, 1.165) is 18.4 Å². The van der Waals surface area contributed by atoms with Gasteiger partial charge in [-0.2, -0.15) is 0 Å². The lowest BCUT2D eigenvalue weighted by atomic mass is 9.90. The Bertz CT molecular complexity index is 557. The Morgan fingerprint density at radius 1 is 1.21 bits per heavy atom. The van der Waals surface area contributed by atoms with Crippen molar-refractivity contribution in [2.24, 2.45) is 0 Å². The van der Waals surface area contributed by atoms with Crippen molar-refractivity contribution < 1.29 is 18.3 Å². The van der Waals surface area contributed by atoms with Crippen molar-refractivity contribution in [2.45, 2.75) is 18.8 Å². The molecule has 1 aliphatic rings. The number of benzene rings is 1. The molecule has 0 amide bonds. The normalized spacial score (nSPS) is 18.4. The van der Waals surface area contributed by atoms with Crippen molar-refractivity contribution >= 4 is 16.0 Å². The summed E-state index contributed by atoms with van der Waals surface area (Å²) in [6, 6.07) is 6.84.